The highest BCUT2D eigenvalue weighted by molar-refractivity contribution is 6.30. The van der Waals surface area contributed by atoms with Gasteiger partial charge in [-0.25, -0.2) is 9.78 Å². The summed E-state index contributed by atoms with van der Waals surface area (Å²) < 4.78 is 1.66. The number of nitrogens with zero attached hydrogens (tertiary/aromatic N) is 4. The van der Waals surface area contributed by atoms with Crippen LogP contribution < -0.4 is 21.7 Å². The Labute approximate surface area is 174 Å². The predicted octanol–water partition coefficient (Wildman–Crippen LogP) is 1.33. The Bertz CT molecular complexity index is 1420. The molecule has 1 aliphatic rings. The fourth-order valence-corrected chi connectivity index (χ4v) is 3.34. The van der Waals surface area contributed by atoms with Crippen molar-refractivity contribution >= 4 is 29.1 Å². The molecule has 9 nitrogen and oxygen atoms in total. The maximum atomic E-state index is 11.4. The summed E-state index contributed by atoms with van der Waals surface area (Å²) in [5, 5.41) is 18.9. The molecule has 5 rings (SSSR count). The third-order valence-corrected chi connectivity index (χ3v) is 4.97. The minimum absolute atomic E-state index is 0.238. The molecule has 3 heterocycles. The lowest BCUT2D eigenvalue weighted by atomic mass is 10.2. The first-order valence-electron chi connectivity index (χ1n) is 9.49. The van der Waals surface area contributed by atoms with Crippen molar-refractivity contribution in [2.45, 2.75) is 25.4 Å². The Morgan fingerprint density at radius 3 is 2.93 bits per heavy atom. The molecule has 3 aromatic heterocycles. The lowest BCUT2D eigenvalue weighted by molar-refractivity contribution is 0.454. The predicted molar refractivity (Wildman–Crippen MR) is 112 cm³/mol. The first-order valence-corrected chi connectivity index (χ1v) is 9.87. The first kappa shape index (κ1) is 18.4. The van der Waals surface area contributed by atoms with Gasteiger partial charge in [0.15, 0.2) is 11.1 Å². The van der Waals surface area contributed by atoms with E-state index in [1.54, 1.807) is 16.8 Å². The molecule has 0 bridgehead atoms. The smallest absolute Gasteiger partial charge is 0.326 e. The van der Waals surface area contributed by atoms with E-state index in [1.807, 2.05) is 30.3 Å². The van der Waals surface area contributed by atoms with E-state index in [0.717, 1.165) is 18.4 Å². The van der Waals surface area contributed by atoms with Gasteiger partial charge in [-0.05, 0) is 36.6 Å². The summed E-state index contributed by atoms with van der Waals surface area (Å²) in [6.07, 6.45) is 5.37. The van der Waals surface area contributed by atoms with Crippen LogP contribution >= 0.6 is 11.6 Å². The number of fused-ring (bicyclic) bond motifs is 1. The van der Waals surface area contributed by atoms with E-state index in [2.05, 4.69) is 25.4 Å². The van der Waals surface area contributed by atoms with E-state index < -0.39 is 5.69 Å². The highest BCUT2D eigenvalue weighted by atomic mass is 35.5. The third kappa shape index (κ3) is 3.79. The molecule has 10 heteroatoms. The zero-order chi connectivity index (χ0) is 20.7. The molecule has 0 unspecified atom stereocenters. The number of nitrogens with one attached hydrogen (secondary N) is 3. The second-order valence-electron chi connectivity index (χ2n) is 7.16. The molecule has 1 fully saturated rings. The van der Waals surface area contributed by atoms with Crippen molar-refractivity contribution in [3.05, 3.63) is 74.0 Å². The molecular formula is C20H18ClN7O2. The standard InChI is InChI=1S/C20H18ClN7O2/c21-13-3-1-2-11(6-13)9-22-16-8-17(24-14-4-5-14)28-18(26-16)12(10-23-28)7-15-19(29)27-20(30)25-15/h1-3,6-8,10,14,22,29H,4-5,9H2,(H2,25,27,30). The minimum Gasteiger partial charge on any atom is -0.493 e. The van der Waals surface area contributed by atoms with Crippen LogP contribution in [0.4, 0.5) is 5.82 Å². The number of aromatic amines is 2. The summed E-state index contributed by atoms with van der Waals surface area (Å²) >= 11 is 6.07. The van der Waals surface area contributed by atoms with Crippen LogP contribution in [-0.2, 0) is 6.54 Å². The molecule has 0 amide bonds. The molecule has 4 aromatic rings. The van der Waals surface area contributed by atoms with Crippen LogP contribution in [0, 0.1) is 0 Å². The topological polar surface area (TPSA) is 123 Å². The van der Waals surface area contributed by atoms with E-state index in [-0.39, 0.29) is 11.6 Å². The van der Waals surface area contributed by atoms with E-state index in [0.29, 0.717) is 39.8 Å². The Kier molecular flexibility index (Phi) is 4.51. The molecule has 30 heavy (non-hydrogen) atoms. The van der Waals surface area contributed by atoms with Crippen LogP contribution in [0.25, 0.3) is 11.7 Å². The summed E-state index contributed by atoms with van der Waals surface area (Å²) in [5.41, 5.74) is 2.06. The van der Waals surface area contributed by atoms with Crippen LogP contribution in [0.2, 0.25) is 5.02 Å². The summed E-state index contributed by atoms with van der Waals surface area (Å²) in [5.74, 6) is 0.404. The third-order valence-electron chi connectivity index (χ3n) is 4.74. The monoisotopic (exact) mass is 423 g/mol. The van der Waals surface area contributed by atoms with Gasteiger partial charge in [-0.2, -0.15) is 9.61 Å². The number of rotatable bonds is 5. The Hall–Kier alpha value is -3.59. The maximum absolute atomic E-state index is 11.4. The molecule has 0 spiro atoms. The van der Waals surface area contributed by atoms with E-state index in [1.165, 1.54) is 0 Å². The van der Waals surface area contributed by atoms with Crippen LogP contribution in [0.15, 0.2) is 46.3 Å². The summed E-state index contributed by atoms with van der Waals surface area (Å²) in [4.78, 5) is 25.7. The molecule has 0 saturated heterocycles. The SMILES string of the molecule is O=c1[nH]c(O)c(C=c2cnn3c(=NC4CC4)cc(NCc4cccc(Cl)c4)nc23)[nH]1. The Morgan fingerprint density at radius 1 is 1.33 bits per heavy atom. The highest BCUT2D eigenvalue weighted by Gasteiger charge is 2.20. The lowest BCUT2D eigenvalue weighted by Crippen LogP contribution is -2.20. The van der Waals surface area contributed by atoms with Gasteiger partial charge >= 0.3 is 5.69 Å². The molecule has 0 aliphatic heterocycles. The van der Waals surface area contributed by atoms with Crippen molar-refractivity contribution in [3.8, 4) is 5.88 Å². The second kappa shape index (κ2) is 7.34. The van der Waals surface area contributed by atoms with Gasteiger partial charge in [0.1, 0.15) is 11.5 Å². The van der Waals surface area contributed by atoms with Gasteiger partial charge in [-0.15, -0.1) is 0 Å². The summed E-state index contributed by atoms with van der Waals surface area (Å²) in [6, 6.07) is 9.77. The van der Waals surface area contributed by atoms with Gasteiger partial charge in [-0.1, -0.05) is 23.7 Å². The number of aromatic hydroxyl groups is 1. The largest absolute Gasteiger partial charge is 0.493 e. The number of imidazole rings is 1. The minimum atomic E-state index is -0.489. The zero-order valence-corrected chi connectivity index (χ0v) is 16.5. The molecule has 0 radical (unpaired) electrons. The zero-order valence-electron chi connectivity index (χ0n) is 15.8. The fourth-order valence-electron chi connectivity index (χ4n) is 3.13. The van der Waals surface area contributed by atoms with Gasteiger partial charge in [0.2, 0.25) is 5.88 Å². The van der Waals surface area contributed by atoms with Crippen molar-refractivity contribution in [1.82, 2.24) is 24.6 Å². The number of anilines is 1. The molecule has 4 N–H and O–H groups in total. The molecular weight excluding hydrogens is 406 g/mol. The molecule has 1 aromatic carbocycles. The number of halogens is 1. The molecule has 1 aliphatic carbocycles. The first-order chi connectivity index (χ1) is 14.5. The molecule has 1 saturated carbocycles. The van der Waals surface area contributed by atoms with Crippen molar-refractivity contribution in [3.63, 3.8) is 0 Å². The number of benzene rings is 1. The number of H-pyrrole nitrogens is 2. The number of hydrogen-bond acceptors (Lipinski definition) is 6. The van der Waals surface area contributed by atoms with E-state index in [4.69, 9.17) is 16.6 Å². The van der Waals surface area contributed by atoms with Crippen LogP contribution in [0.5, 0.6) is 5.88 Å². The lowest BCUT2D eigenvalue weighted by Gasteiger charge is -2.07. The Balaban J connectivity index is 1.59. The quantitative estimate of drug-likeness (QED) is 0.385. The van der Waals surface area contributed by atoms with Gasteiger partial charge in [0.05, 0.1) is 12.2 Å². The Morgan fingerprint density at radius 2 is 2.20 bits per heavy atom. The summed E-state index contributed by atoms with van der Waals surface area (Å²) in [6.45, 7) is 0.547. The van der Waals surface area contributed by atoms with Crippen molar-refractivity contribution < 1.29 is 5.11 Å². The van der Waals surface area contributed by atoms with Crippen LogP contribution in [0.1, 0.15) is 24.1 Å². The van der Waals surface area contributed by atoms with Crippen molar-refractivity contribution in [1.29, 1.82) is 0 Å². The maximum Gasteiger partial charge on any atom is 0.326 e. The summed E-state index contributed by atoms with van der Waals surface area (Å²) in [7, 11) is 0. The fraction of sp³-hybridized carbons (Fsp3) is 0.200. The van der Waals surface area contributed by atoms with Crippen LogP contribution in [0.3, 0.4) is 0 Å². The second-order valence-corrected chi connectivity index (χ2v) is 7.60. The van der Waals surface area contributed by atoms with E-state index in [9.17, 15) is 9.90 Å². The average molecular weight is 424 g/mol. The highest BCUT2D eigenvalue weighted by Crippen LogP contribution is 2.22. The average Bonchev–Trinajstić information content (AvgIpc) is 3.35. The molecule has 0 atom stereocenters. The van der Waals surface area contributed by atoms with Crippen LogP contribution in [-0.4, -0.2) is 35.7 Å². The normalized spacial score (nSPS) is 15.2. The van der Waals surface area contributed by atoms with Gasteiger partial charge in [-0.3, -0.25) is 9.98 Å². The number of aromatic nitrogens is 5. The van der Waals surface area contributed by atoms with Gasteiger partial charge < -0.3 is 15.4 Å². The van der Waals surface area contributed by atoms with E-state index >= 15 is 0 Å². The van der Waals surface area contributed by atoms with Crippen molar-refractivity contribution in [2.75, 3.05) is 5.32 Å². The van der Waals surface area contributed by atoms with Gasteiger partial charge in [0.25, 0.3) is 0 Å². The van der Waals surface area contributed by atoms with Gasteiger partial charge in [0, 0.05) is 22.9 Å². The van der Waals surface area contributed by atoms with Crippen molar-refractivity contribution in [2.24, 2.45) is 4.99 Å². The molecule has 152 valence electrons. The number of hydrogen-bond donors (Lipinski definition) is 4.